The van der Waals surface area contributed by atoms with E-state index in [4.69, 9.17) is 4.74 Å². The van der Waals surface area contributed by atoms with Crippen LogP contribution in [0.4, 0.5) is 10.5 Å². The quantitative estimate of drug-likeness (QED) is 0.267. The van der Waals surface area contributed by atoms with E-state index in [1.54, 1.807) is 12.4 Å². The van der Waals surface area contributed by atoms with E-state index in [2.05, 4.69) is 56.9 Å². The number of pyridine rings is 1. The fourth-order valence-corrected chi connectivity index (χ4v) is 4.75. The third-order valence-corrected chi connectivity index (χ3v) is 6.76. The maximum absolute atomic E-state index is 12.2. The van der Waals surface area contributed by atoms with Gasteiger partial charge in [-0.15, -0.1) is 0 Å². The van der Waals surface area contributed by atoms with Crippen LogP contribution in [0.15, 0.2) is 97.3 Å². The van der Waals surface area contributed by atoms with Gasteiger partial charge >= 0.3 is 6.03 Å². The average molecular weight is 507 g/mol. The number of piperidine rings is 1. The summed E-state index contributed by atoms with van der Waals surface area (Å²) in [6.45, 7) is 4.24. The number of benzene rings is 3. The Morgan fingerprint density at radius 1 is 0.842 bits per heavy atom. The molecule has 6 nitrogen and oxygen atoms in total. The highest BCUT2D eigenvalue weighted by Gasteiger charge is 2.12. The first kappa shape index (κ1) is 25.5. The number of nitrogens with one attached hydrogen (secondary N) is 2. The van der Waals surface area contributed by atoms with Gasteiger partial charge in [-0.05, 0) is 78.5 Å². The van der Waals surface area contributed by atoms with E-state index < -0.39 is 0 Å². The molecule has 3 aromatic carbocycles. The van der Waals surface area contributed by atoms with E-state index in [9.17, 15) is 4.79 Å². The van der Waals surface area contributed by atoms with E-state index in [1.165, 1.54) is 43.5 Å². The van der Waals surface area contributed by atoms with Crippen LogP contribution >= 0.6 is 0 Å². The van der Waals surface area contributed by atoms with Crippen molar-refractivity contribution < 1.29 is 9.53 Å². The van der Waals surface area contributed by atoms with Gasteiger partial charge in [0.25, 0.3) is 0 Å². The molecule has 0 saturated carbocycles. The van der Waals surface area contributed by atoms with Crippen LogP contribution in [0.5, 0.6) is 5.75 Å². The van der Waals surface area contributed by atoms with Crippen molar-refractivity contribution in [1.82, 2.24) is 15.2 Å². The maximum atomic E-state index is 12.2. The molecular formula is C32H34N4O2. The van der Waals surface area contributed by atoms with Crippen molar-refractivity contribution in [2.45, 2.75) is 39.0 Å². The van der Waals surface area contributed by atoms with Gasteiger partial charge in [-0.2, -0.15) is 0 Å². The Labute approximate surface area is 224 Å². The summed E-state index contributed by atoms with van der Waals surface area (Å²) in [7, 11) is 0. The van der Waals surface area contributed by atoms with Gasteiger partial charge < -0.3 is 15.4 Å². The summed E-state index contributed by atoms with van der Waals surface area (Å²) in [5.41, 5.74) is 6.31. The molecule has 194 valence electrons. The minimum Gasteiger partial charge on any atom is -0.488 e. The Morgan fingerprint density at radius 3 is 2.47 bits per heavy atom. The van der Waals surface area contributed by atoms with E-state index in [0.29, 0.717) is 13.2 Å². The predicted molar refractivity (Wildman–Crippen MR) is 152 cm³/mol. The molecule has 0 bridgehead atoms. The second-order valence-electron chi connectivity index (χ2n) is 9.69. The molecule has 2 heterocycles. The second kappa shape index (κ2) is 12.9. The Bertz CT molecular complexity index is 1320. The van der Waals surface area contributed by atoms with Gasteiger partial charge in [0.2, 0.25) is 0 Å². The van der Waals surface area contributed by atoms with Crippen molar-refractivity contribution in [3.8, 4) is 16.9 Å². The molecule has 2 amide bonds. The number of hydrogen-bond donors (Lipinski definition) is 2. The monoisotopic (exact) mass is 506 g/mol. The van der Waals surface area contributed by atoms with E-state index in [-0.39, 0.29) is 6.03 Å². The molecule has 0 spiro atoms. The molecule has 38 heavy (non-hydrogen) atoms. The fourth-order valence-electron chi connectivity index (χ4n) is 4.75. The van der Waals surface area contributed by atoms with Crippen molar-refractivity contribution in [2.75, 3.05) is 18.4 Å². The zero-order valence-electron chi connectivity index (χ0n) is 21.6. The zero-order valence-corrected chi connectivity index (χ0v) is 21.6. The number of para-hydroxylation sites is 1. The number of rotatable bonds is 9. The van der Waals surface area contributed by atoms with Gasteiger partial charge in [0.15, 0.2) is 0 Å². The number of urea groups is 1. The normalized spacial score (nSPS) is 13.6. The zero-order chi connectivity index (χ0) is 26.0. The van der Waals surface area contributed by atoms with Crippen LogP contribution in [0.2, 0.25) is 0 Å². The summed E-state index contributed by atoms with van der Waals surface area (Å²) in [4.78, 5) is 18.8. The number of aromatic nitrogens is 1. The fraction of sp³-hybridized carbons (Fsp3) is 0.250. The summed E-state index contributed by atoms with van der Waals surface area (Å²) in [5.74, 6) is 0.861. The van der Waals surface area contributed by atoms with Crippen LogP contribution in [-0.2, 0) is 19.7 Å². The highest BCUT2D eigenvalue weighted by Crippen LogP contribution is 2.31. The summed E-state index contributed by atoms with van der Waals surface area (Å²) in [6.07, 6.45) is 7.39. The molecule has 0 radical (unpaired) electrons. The first-order valence-electron chi connectivity index (χ1n) is 13.3. The molecule has 2 N–H and O–H groups in total. The minimum absolute atomic E-state index is 0.255. The smallest absolute Gasteiger partial charge is 0.319 e. The molecule has 5 rings (SSSR count). The van der Waals surface area contributed by atoms with E-state index in [1.807, 2.05) is 48.5 Å². The number of amides is 2. The van der Waals surface area contributed by atoms with Crippen molar-refractivity contribution in [2.24, 2.45) is 0 Å². The molecule has 0 unspecified atom stereocenters. The Balaban J connectivity index is 1.17. The molecule has 1 aliphatic heterocycles. The number of likely N-dealkylation sites (tertiary alicyclic amines) is 1. The van der Waals surface area contributed by atoms with Crippen molar-refractivity contribution in [3.63, 3.8) is 0 Å². The number of nitrogens with zero attached hydrogens (tertiary/aromatic N) is 2. The average Bonchev–Trinajstić information content (AvgIpc) is 2.97. The van der Waals surface area contributed by atoms with E-state index >= 15 is 0 Å². The van der Waals surface area contributed by atoms with Crippen LogP contribution in [0.25, 0.3) is 11.1 Å². The molecular weight excluding hydrogens is 472 g/mol. The van der Waals surface area contributed by atoms with Gasteiger partial charge in [0.05, 0.1) is 0 Å². The van der Waals surface area contributed by atoms with E-state index in [0.717, 1.165) is 34.7 Å². The number of anilines is 1. The van der Waals surface area contributed by atoms with Gasteiger partial charge in [-0.1, -0.05) is 61.0 Å². The molecule has 4 aromatic rings. The predicted octanol–water partition coefficient (Wildman–Crippen LogP) is 6.64. The number of ether oxygens (including phenoxy) is 1. The van der Waals surface area contributed by atoms with Crippen molar-refractivity contribution >= 4 is 11.7 Å². The lowest BCUT2D eigenvalue weighted by molar-refractivity contribution is 0.221. The molecule has 1 fully saturated rings. The maximum Gasteiger partial charge on any atom is 0.319 e. The molecule has 0 aliphatic carbocycles. The van der Waals surface area contributed by atoms with Gasteiger partial charge in [-0.3, -0.25) is 9.88 Å². The Morgan fingerprint density at radius 2 is 1.66 bits per heavy atom. The van der Waals surface area contributed by atoms with Crippen LogP contribution in [0.1, 0.15) is 36.0 Å². The molecule has 6 heteroatoms. The standard InChI is InChI=1S/C32H34N4O2/c37-32(34-22-27-9-7-17-33-21-27)35-29-15-13-25(14-16-29)24-38-31-12-3-2-11-30(31)28-10-6-8-26(20-28)23-36-18-4-1-5-19-36/h2-3,6-17,20-21H,1,4-5,18-19,22-24H2,(H2,34,35,37). The van der Waals surface area contributed by atoms with Crippen LogP contribution < -0.4 is 15.4 Å². The largest absolute Gasteiger partial charge is 0.488 e. The molecule has 0 atom stereocenters. The van der Waals surface area contributed by atoms with Crippen LogP contribution in [-0.4, -0.2) is 29.0 Å². The highest BCUT2D eigenvalue weighted by atomic mass is 16.5. The SMILES string of the molecule is O=C(NCc1cccnc1)Nc1ccc(COc2ccccc2-c2cccc(CN3CCCCC3)c2)cc1. The van der Waals surface area contributed by atoms with Crippen LogP contribution in [0.3, 0.4) is 0 Å². The number of carbonyl (C=O) groups excluding carboxylic acids is 1. The Hall–Kier alpha value is -4.16. The van der Waals surface area contributed by atoms with Crippen LogP contribution in [0, 0.1) is 0 Å². The van der Waals surface area contributed by atoms with Gasteiger partial charge in [0, 0.05) is 36.7 Å². The summed E-state index contributed by atoms with van der Waals surface area (Å²) < 4.78 is 6.26. The first-order valence-corrected chi connectivity index (χ1v) is 13.3. The van der Waals surface area contributed by atoms with Gasteiger partial charge in [0.1, 0.15) is 12.4 Å². The number of carbonyl (C=O) groups is 1. The van der Waals surface area contributed by atoms with Crippen molar-refractivity contribution in [3.05, 3.63) is 114 Å². The lowest BCUT2D eigenvalue weighted by Crippen LogP contribution is -2.29. The first-order chi connectivity index (χ1) is 18.7. The third kappa shape index (κ3) is 7.20. The van der Waals surface area contributed by atoms with Gasteiger partial charge in [-0.25, -0.2) is 4.79 Å². The second-order valence-corrected chi connectivity index (χ2v) is 9.69. The molecule has 1 aromatic heterocycles. The Kier molecular flexibility index (Phi) is 8.64. The molecule has 1 saturated heterocycles. The lowest BCUT2D eigenvalue weighted by atomic mass is 10.0. The van der Waals surface area contributed by atoms with Crippen molar-refractivity contribution in [1.29, 1.82) is 0 Å². The summed E-state index contributed by atoms with van der Waals surface area (Å²) >= 11 is 0. The minimum atomic E-state index is -0.255. The lowest BCUT2D eigenvalue weighted by Gasteiger charge is -2.26. The topological polar surface area (TPSA) is 66.5 Å². The third-order valence-electron chi connectivity index (χ3n) is 6.76. The highest BCUT2D eigenvalue weighted by molar-refractivity contribution is 5.89. The summed E-state index contributed by atoms with van der Waals surface area (Å²) in [6, 6.07) is 28.2. The molecule has 1 aliphatic rings. The number of hydrogen-bond acceptors (Lipinski definition) is 4. The summed E-state index contributed by atoms with van der Waals surface area (Å²) in [5, 5.41) is 5.70.